The fourth-order valence-corrected chi connectivity index (χ4v) is 2.88. The summed E-state index contributed by atoms with van der Waals surface area (Å²) in [5.74, 6) is -0.294. The van der Waals surface area contributed by atoms with Crippen molar-refractivity contribution in [3.05, 3.63) is 40.0 Å². The molecule has 1 heterocycles. The van der Waals surface area contributed by atoms with E-state index in [1.807, 2.05) is 0 Å². The topological polar surface area (TPSA) is 147 Å². The van der Waals surface area contributed by atoms with Crippen molar-refractivity contribution in [1.29, 1.82) is 0 Å². The maximum absolute atomic E-state index is 12.0. The number of methoxy groups -OCH3 is 1. The Hall–Kier alpha value is -3.67. The van der Waals surface area contributed by atoms with Crippen LogP contribution in [-0.2, 0) is 19.1 Å². The number of imide groups is 1. The second kappa shape index (κ2) is 11.6. The van der Waals surface area contributed by atoms with Gasteiger partial charge < -0.3 is 24.3 Å². The SMILES string of the molecule is CCOc1cc([N+](=O)[O-])c(C(C)OC(=O)NCCOCCN2C(=O)C=CC2=O)cc1OC. The lowest BCUT2D eigenvalue weighted by atomic mass is 10.1. The summed E-state index contributed by atoms with van der Waals surface area (Å²) in [6.07, 6.45) is 0.634. The molecule has 1 aliphatic heterocycles. The third-order valence-corrected chi connectivity index (χ3v) is 4.41. The normalized spacial score (nSPS) is 13.8. The number of alkyl carbamates (subject to hydrolysis) is 1. The number of nitro groups is 1. The van der Waals surface area contributed by atoms with Gasteiger partial charge in [0.05, 0.1) is 50.0 Å². The minimum absolute atomic E-state index is 0.0976. The molecule has 12 nitrogen and oxygen atoms in total. The molecule has 1 N–H and O–H groups in total. The van der Waals surface area contributed by atoms with Gasteiger partial charge in [0, 0.05) is 18.7 Å². The minimum Gasteiger partial charge on any atom is -0.493 e. The van der Waals surface area contributed by atoms with Crippen molar-refractivity contribution in [1.82, 2.24) is 10.2 Å². The fraction of sp³-hybridized carbons (Fsp3) is 0.450. The molecule has 0 bridgehead atoms. The first-order valence-corrected chi connectivity index (χ1v) is 9.83. The summed E-state index contributed by atoms with van der Waals surface area (Å²) >= 11 is 0. The van der Waals surface area contributed by atoms with Gasteiger partial charge in [-0.1, -0.05) is 0 Å². The smallest absolute Gasteiger partial charge is 0.407 e. The second-order valence-corrected chi connectivity index (χ2v) is 6.50. The monoisotopic (exact) mass is 451 g/mol. The average Bonchev–Trinajstić information content (AvgIpc) is 3.07. The molecule has 1 unspecified atom stereocenters. The summed E-state index contributed by atoms with van der Waals surface area (Å²) < 4.78 is 21.1. The number of hydrogen-bond donors (Lipinski definition) is 1. The number of carbonyl (C=O) groups is 3. The molecule has 0 aliphatic carbocycles. The van der Waals surface area contributed by atoms with E-state index in [0.717, 1.165) is 4.90 Å². The summed E-state index contributed by atoms with van der Waals surface area (Å²) in [6, 6.07) is 2.63. The van der Waals surface area contributed by atoms with Gasteiger partial charge in [-0.15, -0.1) is 0 Å². The number of hydrogen-bond acceptors (Lipinski definition) is 9. The average molecular weight is 451 g/mol. The van der Waals surface area contributed by atoms with Crippen LogP contribution in [0, 0.1) is 10.1 Å². The highest BCUT2D eigenvalue weighted by atomic mass is 16.6. The van der Waals surface area contributed by atoms with E-state index >= 15 is 0 Å². The van der Waals surface area contributed by atoms with Gasteiger partial charge in [-0.3, -0.25) is 24.6 Å². The maximum atomic E-state index is 12.0. The summed E-state index contributed by atoms with van der Waals surface area (Å²) in [5, 5.41) is 13.9. The van der Waals surface area contributed by atoms with Crippen molar-refractivity contribution in [2.24, 2.45) is 0 Å². The second-order valence-electron chi connectivity index (χ2n) is 6.50. The molecule has 0 fully saturated rings. The molecule has 0 saturated heterocycles. The molecule has 174 valence electrons. The highest BCUT2D eigenvalue weighted by Gasteiger charge is 2.26. The Kier molecular flexibility index (Phi) is 8.95. The number of carbonyl (C=O) groups excluding carboxylic acids is 3. The van der Waals surface area contributed by atoms with Gasteiger partial charge in [-0.05, 0) is 19.9 Å². The zero-order valence-corrected chi connectivity index (χ0v) is 18.0. The van der Waals surface area contributed by atoms with Gasteiger partial charge in [0.1, 0.15) is 6.10 Å². The van der Waals surface area contributed by atoms with Gasteiger partial charge in [0.25, 0.3) is 17.5 Å². The Morgan fingerprint density at radius 3 is 2.47 bits per heavy atom. The standard InChI is InChI=1S/C20H25N3O9/c1-4-31-17-12-15(23(27)28)14(11-16(17)29-3)13(2)32-20(26)21-7-9-30-10-8-22-18(24)5-6-19(22)25/h5-6,11-13H,4,7-10H2,1-3H3,(H,21,26). The van der Waals surface area contributed by atoms with E-state index in [-0.39, 0.29) is 49.1 Å². The van der Waals surface area contributed by atoms with Crippen LogP contribution in [0.25, 0.3) is 0 Å². The van der Waals surface area contributed by atoms with Crippen molar-refractivity contribution in [2.75, 3.05) is 40.0 Å². The molecule has 0 radical (unpaired) electrons. The number of nitro benzene ring substituents is 1. The van der Waals surface area contributed by atoms with Crippen LogP contribution in [0.5, 0.6) is 11.5 Å². The van der Waals surface area contributed by atoms with Crippen molar-refractivity contribution >= 4 is 23.6 Å². The van der Waals surface area contributed by atoms with Gasteiger partial charge >= 0.3 is 6.09 Å². The third-order valence-electron chi connectivity index (χ3n) is 4.41. The van der Waals surface area contributed by atoms with E-state index in [1.165, 1.54) is 38.3 Å². The minimum atomic E-state index is -0.944. The Bertz CT molecular complexity index is 883. The summed E-state index contributed by atoms with van der Waals surface area (Å²) in [4.78, 5) is 46.8. The first kappa shape index (κ1) is 24.6. The van der Waals surface area contributed by atoms with Crippen molar-refractivity contribution in [3.8, 4) is 11.5 Å². The van der Waals surface area contributed by atoms with E-state index in [4.69, 9.17) is 18.9 Å². The fourth-order valence-electron chi connectivity index (χ4n) is 2.88. The number of rotatable bonds is 12. The molecule has 1 aromatic rings. The summed E-state index contributed by atoms with van der Waals surface area (Å²) in [6.45, 7) is 3.97. The zero-order valence-electron chi connectivity index (χ0n) is 18.0. The zero-order chi connectivity index (χ0) is 23.7. The number of nitrogens with one attached hydrogen (secondary N) is 1. The molecular formula is C20H25N3O9. The molecule has 0 saturated carbocycles. The van der Waals surface area contributed by atoms with Crippen molar-refractivity contribution in [3.63, 3.8) is 0 Å². The molecule has 2 rings (SSSR count). The van der Waals surface area contributed by atoms with Crippen molar-refractivity contribution < 1.29 is 38.3 Å². The molecule has 0 aromatic heterocycles. The Morgan fingerprint density at radius 1 is 1.19 bits per heavy atom. The van der Waals surface area contributed by atoms with E-state index in [2.05, 4.69) is 5.32 Å². The van der Waals surface area contributed by atoms with E-state index < -0.39 is 28.9 Å². The van der Waals surface area contributed by atoms with E-state index in [1.54, 1.807) is 6.92 Å². The van der Waals surface area contributed by atoms with Gasteiger partial charge in [-0.2, -0.15) is 0 Å². The maximum Gasteiger partial charge on any atom is 0.407 e. The molecule has 32 heavy (non-hydrogen) atoms. The first-order chi connectivity index (χ1) is 15.3. The first-order valence-electron chi connectivity index (χ1n) is 9.83. The van der Waals surface area contributed by atoms with Crippen LogP contribution in [0.15, 0.2) is 24.3 Å². The summed E-state index contributed by atoms with van der Waals surface area (Å²) in [7, 11) is 1.40. The number of amides is 3. The van der Waals surface area contributed by atoms with Gasteiger partial charge in [0.15, 0.2) is 11.5 Å². The number of benzene rings is 1. The van der Waals surface area contributed by atoms with Crippen LogP contribution in [-0.4, -0.2) is 67.8 Å². The molecule has 12 heteroatoms. The Labute approximate surface area is 184 Å². The molecule has 1 aliphatic rings. The van der Waals surface area contributed by atoms with Crippen molar-refractivity contribution in [2.45, 2.75) is 20.0 Å². The number of ether oxygens (including phenoxy) is 4. The van der Waals surface area contributed by atoms with E-state index in [0.29, 0.717) is 6.61 Å². The molecule has 0 spiro atoms. The lowest BCUT2D eigenvalue weighted by molar-refractivity contribution is -0.386. The lowest BCUT2D eigenvalue weighted by Gasteiger charge is -2.17. The van der Waals surface area contributed by atoms with Gasteiger partial charge in [-0.25, -0.2) is 4.79 Å². The highest BCUT2D eigenvalue weighted by molar-refractivity contribution is 6.12. The van der Waals surface area contributed by atoms with Crippen LogP contribution < -0.4 is 14.8 Å². The molecular weight excluding hydrogens is 426 g/mol. The van der Waals surface area contributed by atoms with Crippen LogP contribution in [0.1, 0.15) is 25.5 Å². The Morgan fingerprint density at radius 2 is 1.88 bits per heavy atom. The largest absolute Gasteiger partial charge is 0.493 e. The predicted octanol–water partition coefficient (Wildman–Crippen LogP) is 1.73. The summed E-state index contributed by atoms with van der Waals surface area (Å²) in [5.41, 5.74) is -0.117. The highest BCUT2D eigenvalue weighted by Crippen LogP contribution is 2.38. The van der Waals surface area contributed by atoms with Crippen LogP contribution in [0.3, 0.4) is 0 Å². The molecule has 3 amide bonds. The van der Waals surface area contributed by atoms with E-state index in [9.17, 15) is 24.5 Å². The van der Waals surface area contributed by atoms with Crippen LogP contribution in [0.2, 0.25) is 0 Å². The van der Waals surface area contributed by atoms with Crippen LogP contribution >= 0.6 is 0 Å². The third kappa shape index (κ3) is 6.41. The number of nitrogens with zero attached hydrogens (tertiary/aromatic N) is 2. The molecule has 1 atom stereocenters. The quantitative estimate of drug-likeness (QED) is 0.217. The Balaban J connectivity index is 1.83. The van der Waals surface area contributed by atoms with Gasteiger partial charge in [0.2, 0.25) is 0 Å². The lowest BCUT2D eigenvalue weighted by Crippen LogP contribution is -2.34. The van der Waals surface area contributed by atoms with Crippen LogP contribution in [0.4, 0.5) is 10.5 Å². The molecule has 1 aromatic carbocycles. The predicted molar refractivity (Wildman–Crippen MR) is 110 cm³/mol.